The van der Waals surface area contributed by atoms with E-state index in [1.54, 1.807) is 18.2 Å². The number of amides is 1. The average molecular weight is 354 g/mol. The van der Waals surface area contributed by atoms with Gasteiger partial charge in [-0.25, -0.2) is 4.39 Å². The van der Waals surface area contributed by atoms with Gasteiger partial charge in [0.2, 0.25) is 0 Å². The minimum Gasteiger partial charge on any atom is -0.347 e. The summed E-state index contributed by atoms with van der Waals surface area (Å²) in [5, 5.41) is 4.42. The highest BCUT2D eigenvalue weighted by atomic mass is 35.5. The largest absolute Gasteiger partial charge is 0.347 e. The van der Waals surface area contributed by atoms with Gasteiger partial charge < -0.3 is 5.32 Å². The molecule has 0 fully saturated rings. The Balaban J connectivity index is 1.74. The van der Waals surface area contributed by atoms with Crippen molar-refractivity contribution in [3.63, 3.8) is 0 Å². The van der Waals surface area contributed by atoms with Crippen LogP contribution in [0.15, 0.2) is 42.5 Å². The van der Waals surface area contributed by atoms with Gasteiger partial charge in [0.25, 0.3) is 5.91 Å². The summed E-state index contributed by atoms with van der Waals surface area (Å²) in [5.41, 5.74) is 0.373. The summed E-state index contributed by atoms with van der Waals surface area (Å²) in [6, 6.07) is 11.2. The molecule has 6 heteroatoms. The summed E-state index contributed by atoms with van der Waals surface area (Å²) in [4.78, 5) is 13.1. The Morgan fingerprint density at radius 1 is 1.14 bits per heavy atom. The highest BCUT2D eigenvalue weighted by molar-refractivity contribution is 7.19. The van der Waals surface area contributed by atoms with Gasteiger partial charge in [-0.15, -0.1) is 11.3 Å². The summed E-state index contributed by atoms with van der Waals surface area (Å²) in [6.45, 7) is 0.360. The molecule has 0 aliphatic rings. The van der Waals surface area contributed by atoms with Gasteiger partial charge in [-0.3, -0.25) is 4.79 Å². The molecule has 0 unspecified atom stereocenters. The Bertz CT molecular complexity index is 862. The van der Waals surface area contributed by atoms with E-state index in [0.29, 0.717) is 22.2 Å². The molecule has 1 amide bonds. The van der Waals surface area contributed by atoms with Crippen LogP contribution in [0.5, 0.6) is 0 Å². The highest BCUT2D eigenvalue weighted by Crippen LogP contribution is 2.26. The number of thiophene rings is 1. The minimum absolute atomic E-state index is 0.270. The lowest BCUT2D eigenvalue weighted by Crippen LogP contribution is -2.22. The molecule has 0 aliphatic carbocycles. The van der Waals surface area contributed by atoms with E-state index in [-0.39, 0.29) is 11.7 Å². The number of nitrogens with one attached hydrogen (secondary N) is 1. The molecule has 1 N–H and O–H groups in total. The minimum atomic E-state index is -0.273. The fourth-order valence-electron chi connectivity index (χ4n) is 2.09. The first-order valence-electron chi connectivity index (χ1n) is 6.44. The first-order valence-corrected chi connectivity index (χ1v) is 8.01. The maximum atomic E-state index is 13.2. The van der Waals surface area contributed by atoms with Crippen LogP contribution in [0.3, 0.4) is 0 Å². The van der Waals surface area contributed by atoms with Crippen molar-refractivity contribution in [2.45, 2.75) is 6.54 Å². The second-order valence-corrected chi connectivity index (χ2v) is 6.71. The average Bonchev–Trinajstić information content (AvgIpc) is 2.86. The van der Waals surface area contributed by atoms with Crippen LogP contribution < -0.4 is 5.32 Å². The Morgan fingerprint density at radius 2 is 1.95 bits per heavy atom. The fourth-order valence-corrected chi connectivity index (χ4v) is 3.57. The van der Waals surface area contributed by atoms with Crippen LogP contribution in [0.25, 0.3) is 10.1 Å². The van der Waals surface area contributed by atoms with Crippen molar-refractivity contribution in [2.75, 3.05) is 0 Å². The van der Waals surface area contributed by atoms with Gasteiger partial charge in [-0.05, 0) is 47.9 Å². The third-order valence-corrected chi connectivity index (χ3v) is 4.79. The molecular formula is C16H10Cl2FNOS. The number of hydrogen-bond donors (Lipinski definition) is 1. The second-order valence-electron chi connectivity index (χ2n) is 4.70. The Hall–Kier alpha value is -1.62. The SMILES string of the molecule is O=C(NCc1cc2cc(F)ccc2s1)c1ccc(Cl)cc1Cl. The molecule has 0 aliphatic heterocycles. The molecule has 2 nitrogen and oxygen atoms in total. The number of carbonyl (C=O) groups is 1. The number of carbonyl (C=O) groups excluding carboxylic acids is 1. The molecule has 0 atom stereocenters. The van der Waals surface area contributed by atoms with Gasteiger partial charge >= 0.3 is 0 Å². The van der Waals surface area contributed by atoms with Crippen molar-refractivity contribution in [1.82, 2.24) is 5.32 Å². The molecule has 0 saturated heterocycles. The lowest BCUT2D eigenvalue weighted by molar-refractivity contribution is 0.0951. The van der Waals surface area contributed by atoms with Crippen LogP contribution in [-0.2, 0) is 6.54 Å². The lowest BCUT2D eigenvalue weighted by atomic mass is 10.2. The lowest BCUT2D eigenvalue weighted by Gasteiger charge is -2.05. The Labute approximate surface area is 140 Å². The molecule has 2 aromatic carbocycles. The predicted octanol–water partition coefficient (Wildman–Crippen LogP) is 5.28. The van der Waals surface area contributed by atoms with Gasteiger partial charge in [0.1, 0.15) is 5.82 Å². The van der Waals surface area contributed by atoms with Crippen molar-refractivity contribution in [3.8, 4) is 0 Å². The molecule has 22 heavy (non-hydrogen) atoms. The van der Waals surface area contributed by atoms with E-state index < -0.39 is 0 Å². The van der Waals surface area contributed by atoms with Gasteiger partial charge in [0.05, 0.1) is 17.1 Å². The fraction of sp³-hybridized carbons (Fsp3) is 0.0625. The van der Waals surface area contributed by atoms with Crippen molar-refractivity contribution < 1.29 is 9.18 Å². The van der Waals surface area contributed by atoms with Crippen molar-refractivity contribution in [3.05, 3.63) is 68.8 Å². The van der Waals surface area contributed by atoms with Crippen LogP contribution in [0, 0.1) is 5.82 Å². The van der Waals surface area contributed by atoms with Gasteiger partial charge in [-0.2, -0.15) is 0 Å². The zero-order chi connectivity index (χ0) is 15.7. The zero-order valence-electron chi connectivity index (χ0n) is 11.2. The Morgan fingerprint density at radius 3 is 2.73 bits per heavy atom. The van der Waals surface area contributed by atoms with E-state index >= 15 is 0 Å². The molecular weight excluding hydrogens is 344 g/mol. The van der Waals surface area contributed by atoms with E-state index in [2.05, 4.69) is 5.32 Å². The third kappa shape index (κ3) is 3.24. The molecule has 0 spiro atoms. The first-order chi connectivity index (χ1) is 10.5. The van der Waals surface area contributed by atoms with Crippen LogP contribution in [0.2, 0.25) is 10.0 Å². The van der Waals surface area contributed by atoms with Crippen molar-refractivity contribution in [2.24, 2.45) is 0 Å². The monoisotopic (exact) mass is 353 g/mol. The number of rotatable bonds is 3. The predicted molar refractivity (Wildman–Crippen MR) is 89.4 cm³/mol. The molecule has 1 heterocycles. The van der Waals surface area contributed by atoms with Gasteiger partial charge in [0.15, 0.2) is 0 Å². The Kier molecular flexibility index (Phi) is 4.34. The van der Waals surface area contributed by atoms with E-state index in [9.17, 15) is 9.18 Å². The van der Waals surface area contributed by atoms with Crippen LogP contribution in [-0.4, -0.2) is 5.91 Å². The number of fused-ring (bicyclic) bond motifs is 1. The highest BCUT2D eigenvalue weighted by Gasteiger charge is 2.11. The summed E-state index contributed by atoms with van der Waals surface area (Å²) in [5.74, 6) is -0.542. The van der Waals surface area contributed by atoms with E-state index in [1.807, 2.05) is 6.07 Å². The van der Waals surface area contributed by atoms with E-state index in [1.165, 1.54) is 29.5 Å². The first kappa shape index (κ1) is 15.3. The topological polar surface area (TPSA) is 29.1 Å². The van der Waals surface area contributed by atoms with Crippen LogP contribution in [0.1, 0.15) is 15.2 Å². The van der Waals surface area contributed by atoms with Crippen LogP contribution in [0.4, 0.5) is 4.39 Å². The van der Waals surface area contributed by atoms with Crippen LogP contribution >= 0.6 is 34.5 Å². The van der Waals surface area contributed by atoms with Crippen molar-refractivity contribution >= 4 is 50.5 Å². The normalized spacial score (nSPS) is 10.9. The molecule has 3 aromatic rings. The molecule has 0 radical (unpaired) electrons. The van der Waals surface area contributed by atoms with E-state index in [4.69, 9.17) is 23.2 Å². The number of hydrogen-bond acceptors (Lipinski definition) is 2. The smallest absolute Gasteiger partial charge is 0.253 e. The molecule has 3 rings (SSSR count). The standard InChI is InChI=1S/C16H10Cl2FNOS/c17-10-1-3-13(14(18)7-10)16(21)20-8-12-6-9-5-11(19)2-4-15(9)22-12/h1-7H,8H2,(H,20,21). The van der Waals surface area contributed by atoms with Gasteiger partial charge in [0, 0.05) is 14.6 Å². The van der Waals surface area contributed by atoms with E-state index in [0.717, 1.165) is 15.0 Å². The summed E-state index contributed by atoms with van der Waals surface area (Å²) in [6.07, 6.45) is 0. The molecule has 112 valence electrons. The number of halogens is 3. The maximum Gasteiger partial charge on any atom is 0.253 e. The third-order valence-electron chi connectivity index (χ3n) is 3.13. The molecule has 0 bridgehead atoms. The zero-order valence-corrected chi connectivity index (χ0v) is 13.5. The van der Waals surface area contributed by atoms with Crippen molar-refractivity contribution in [1.29, 1.82) is 0 Å². The summed E-state index contributed by atoms with van der Waals surface area (Å²) in [7, 11) is 0. The van der Waals surface area contributed by atoms with Gasteiger partial charge in [-0.1, -0.05) is 23.2 Å². The summed E-state index contributed by atoms with van der Waals surface area (Å²) < 4.78 is 14.1. The molecule has 0 saturated carbocycles. The quantitative estimate of drug-likeness (QED) is 0.681. The summed E-state index contributed by atoms with van der Waals surface area (Å²) >= 11 is 13.3. The molecule has 1 aromatic heterocycles. The number of benzene rings is 2. The maximum absolute atomic E-state index is 13.2. The second kappa shape index (κ2) is 6.24.